The summed E-state index contributed by atoms with van der Waals surface area (Å²) in [4.78, 5) is 0.435. The Labute approximate surface area is 90.6 Å². The summed E-state index contributed by atoms with van der Waals surface area (Å²) in [5.74, 6) is 0. The highest BCUT2D eigenvalue weighted by Crippen LogP contribution is 2.27. The van der Waals surface area contributed by atoms with Crippen LogP contribution in [0.3, 0.4) is 0 Å². The first-order valence-corrected chi connectivity index (χ1v) is 5.98. The molecule has 0 saturated carbocycles. The van der Waals surface area contributed by atoms with E-state index in [-0.39, 0.29) is 0 Å². The van der Waals surface area contributed by atoms with Crippen LogP contribution < -0.4 is 0 Å². The van der Waals surface area contributed by atoms with Crippen molar-refractivity contribution in [1.82, 2.24) is 0 Å². The van der Waals surface area contributed by atoms with E-state index < -0.39 is 0 Å². The average molecular weight is 292 g/mol. The Bertz CT molecular complexity index is 267. The van der Waals surface area contributed by atoms with Gasteiger partial charge in [0.05, 0.1) is 0 Å². The summed E-state index contributed by atoms with van der Waals surface area (Å²) in [7, 11) is 0. The van der Waals surface area contributed by atoms with Gasteiger partial charge in [-0.25, -0.2) is 0 Å². The summed E-state index contributed by atoms with van der Waals surface area (Å²) in [5, 5.41) is 0.929. The number of aryl methyl sites for hydroxylation is 1. The van der Waals surface area contributed by atoms with Crippen molar-refractivity contribution < 1.29 is 0 Å². The monoisotopic (exact) mass is 290 g/mol. The van der Waals surface area contributed by atoms with Gasteiger partial charge in [0.2, 0.25) is 0 Å². The molecule has 0 spiro atoms. The van der Waals surface area contributed by atoms with Gasteiger partial charge < -0.3 is 0 Å². The summed E-state index contributed by atoms with van der Waals surface area (Å²) in [6, 6.07) is 6.56. The molecule has 0 saturated heterocycles. The van der Waals surface area contributed by atoms with Crippen LogP contribution >= 0.6 is 31.9 Å². The standard InChI is InChI=1S/C10H12Br2/c1-7-3-4-9(6-11)10(5-7)8(2)12/h3-5,8H,6H2,1-2H3. The third-order valence-corrected chi connectivity index (χ3v) is 2.97. The van der Waals surface area contributed by atoms with Crippen molar-refractivity contribution in [3.05, 3.63) is 34.9 Å². The molecular formula is C10H12Br2. The van der Waals surface area contributed by atoms with Gasteiger partial charge in [0.1, 0.15) is 0 Å². The summed E-state index contributed by atoms with van der Waals surface area (Å²) >= 11 is 7.07. The molecule has 1 unspecified atom stereocenters. The van der Waals surface area contributed by atoms with Crippen LogP contribution in [-0.4, -0.2) is 0 Å². The number of hydrogen-bond donors (Lipinski definition) is 0. The molecule has 1 aromatic rings. The molecule has 1 rings (SSSR count). The third kappa shape index (κ3) is 2.33. The van der Waals surface area contributed by atoms with Gasteiger partial charge in [0.25, 0.3) is 0 Å². The molecule has 0 nitrogen and oxygen atoms in total. The number of alkyl halides is 2. The minimum atomic E-state index is 0.435. The van der Waals surface area contributed by atoms with Crippen LogP contribution in [0.5, 0.6) is 0 Å². The number of halogens is 2. The Balaban J connectivity index is 3.12. The van der Waals surface area contributed by atoms with Crippen molar-refractivity contribution in [2.45, 2.75) is 24.0 Å². The van der Waals surface area contributed by atoms with Gasteiger partial charge >= 0.3 is 0 Å². The van der Waals surface area contributed by atoms with E-state index in [2.05, 4.69) is 63.9 Å². The lowest BCUT2D eigenvalue weighted by atomic mass is 10.0. The minimum Gasteiger partial charge on any atom is -0.0876 e. The molecule has 0 amide bonds. The maximum absolute atomic E-state index is 3.59. The fraction of sp³-hybridized carbons (Fsp3) is 0.400. The average Bonchev–Trinajstić information content (AvgIpc) is 2.04. The Morgan fingerprint density at radius 3 is 2.58 bits per heavy atom. The molecule has 2 heteroatoms. The molecule has 0 radical (unpaired) electrons. The highest BCUT2D eigenvalue weighted by atomic mass is 79.9. The summed E-state index contributed by atoms with van der Waals surface area (Å²) in [6.07, 6.45) is 0. The molecule has 0 fully saturated rings. The Hall–Kier alpha value is 0.180. The van der Waals surface area contributed by atoms with Crippen LogP contribution in [0, 0.1) is 6.92 Å². The van der Waals surface area contributed by atoms with Crippen molar-refractivity contribution in [1.29, 1.82) is 0 Å². The molecule has 1 atom stereocenters. The normalized spacial score (nSPS) is 13.0. The second kappa shape index (κ2) is 4.43. The van der Waals surface area contributed by atoms with Crippen LogP contribution in [0.2, 0.25) is 0 Å². The quantitative estimate of drug-likeness (QED) is 0.711. The van der Waals surface area contributed by atoms with Gasteiger partial charge in [0.15, 0.2) is 0 Å². The molecule has 0 aromatic heterocycles. The Kier molecular flexibility index (Phi) is 3.78. The Morgan fingerprint density at radius 1 is 1.42 bits per heavy atom. The lowest BCUT2D eigenvalue weighted by Gasteiger charge is -2.10. The van der Waals surface area contributed by atoms with Gasteiger partial charge in [-0.2, -0.15) is 0 Å². The van der Waals surface area contributed by atoms with E-state index in [1.54, 1.807) is 0 Å². The topological polar surface area (TPSA) is 0 Å². The predicted octanol–water partition coefficient (Wildman–Crippen LogP) is 4.35. The molecule has 12 heavy (non-hydrogen) atoms. The summed E-state index contributed by atoms with van der Waals surface area (Å²) in [6.45, 7) is 4.28. The molecule has 0 aliphatic carbocycles. The molecular weight excluding hydrogens is 280 g/mol. The first-order valence-electron chi connectivity index (χ1n) is 3.94. The second-order valence-corrected chi connectivity index (χ2v) is 4.89. The number of rotatable bonds is 2. The maximum atomic E-state index is 3.59. The zero-order valence-electron chi connectivity index (χ0n) is 7.27. The van der Waals surface area contributed by atoms with E-state index >= 15 is 0 Å². The fourth-order valence-electron chi connectivity index (χ4n) is 1.21. The lowest BCUT2D eigenvalue weighted by Crippen LogP contribution is -1.92. The molecule has 0 heterocycles. The van der Waals surface area contributed by atoms with Crippen LogP contribution in [0.15, 0.2) is 18.2 Å². The van der Waals surface area contributed by atoms with E-state index in [4.69, 9.17) is 0 Å². The second-order valence-electron chi connectivity index (χ2n) is 2.95. The predicted molar refractivity (Wildman–Crippen MR) is 61.2 cm³/mol. The Morgan fingerprint density at radius 2 is 2.08 bits per heavy atom. The van der Waals surface area contributed by atoms with Crippen LogP contribution in [0.4, 0.5) is 0 Å². The van der Waals surface area contributed by atoms with Gasteiger partial charge in [-0.3, -0.25) is 0 Å². The highest BCUT2D eigenvalue weighted by Gasteiger charge is 2.06. The van der Waals surface area contributed by atoms with E-state index in [9.17, 15) is 0 Å². The molecule has 0 aliphatic heterocycles. The highest BCUT2D eigenvalue weighted by molar-refractivity contribution is 9.09. The van der Waals surface area contributed by atoms with E-state index in [0.717, 1.165) is 5.33 Å². The van der Waals surface area contributed by atoms with Crippen LogP contribution in [0.1, 0.15) is 28.4 Å². The molecule has 0 bridgehead atoms. The van der Waals surface area contributed by atoms with Crippen molar-refractivity contribution in [2.75, 3.05) is 0 Å². The van der Waals surface area contributed by atoms with Crippen molar-refractivity contribution in [2.24, 2.45) is 0 Å². The lowest BCUT2D eigenvalue weighted by molar-refractivity contribution is 1.08. The molecule has 0 N–H and O–H groups in total. The smallest absolute Gasteiger partial charge is 0.0370 e. The van der Waals surface area contributed by atoms with E-state index in [0.29, 0.717) is 4.83 Å². The SMILES string of the molecule is Cc1ccc(CBr)c(C(C)Br)c1. The zero-order valence-corrected chi connectivity index (χ0v) is 10.4. The first-order chi connectivity index (χ1) is 5.65. The molecule has 66 valence electrons. The van der Waals surface area contributed by atoms with Crippen molar-refractivity contribution in [3.8, 4) is 0 Å². The summed E-state index contributed by atoms with van der Waals surface area (Å²) < 4.78 is 0. The van der Waals surface area contributed by atoms with Gasteiger partial charge in [-0.05, 0) is 25.0 Å². The van der Waals surface area contributed by atoms with Crippen molar-refractivity contribution in [3.63, 3.8) is 0 Å². The van der Waals surface area contributed by atoms with E-state index in [1.807, 2.05) is 0 Å². The maximum Gasteiger partial charge on any atom is 0.0370 e. The fourth-order valence-corrected chi connectivity index (χ4v) is 2.14. The molecule has 0 aliphatic rings. The third-order valence-electron chi connectivity index (χ3n) is 1.87. The first kappa shape index (κ1) is 10.3. The minimum absolute atomic E-state index is 0.435. The van der Waals surface area contributed by atoms with Crippen LogP contribution in [-0.2, 0) is 5.33 Å². The van der Waals surface area contributed by atoms with Crippen LogP contribution in [0.25, 0.3) is 0 Å². The molecule has 1 aromatic carbocycles. The summed E-state index contributed by atoms with van der Waals surface area (Å²) in [5.41, 5.74) is 4.07. The van der Waals surface area contributed by atoms with Crippen molar-refractivity contribution >= 4 is 31.9 Å². The van der Waals surface area contributed by atoms with E-state index in [1.165, 1.54) is 16.7 Å². The number of benzene rings is 1. The largest absolute Gasteiger partial charge is 0.0876 e. The number of hydrogen-bond acceptors (Lipinski definition) is 0. The zero-order chi connectivity index (χ0) is 9.14. The van der Waals surface area contributed by atoms with Gasteiger partial charge in [-0.15, -0.1) is 0 Å². The van der Waals surface area contributed by atoms with Gasteiger partial charge in [0, 0.05) is 10.2 Å². The van der Waals surface area contributed by atoms with Gasteiger partial charge in [-0.1, -0.05) is 55.6 Å².